The van der Waals surface area contributed by atoms with Crippen LogP contribution in [-0.4, -0.2) is 20.2 Å². The zero-order chi connectivity index (χ0) is 11.1. The smallest absolute Gasteiger partial charge is 0.129 e. The zero-order valence-corrected chi connectivity index (χ0v) is 8.72. The Balaban J connectivity index is 2.31. The normalized spacial score (nSPS) is 10.3. The third kappa shape index (κ3) is 4.74. The lowest BCUT2D eigenvalue weighted by atomic mass is 10.3. The summed E-state index contributed by atoms with van der Waals surface area (Å²) in [5.41, 5.74) is 0. The molecule has 4 heteroatoms. The van der Waals surface area contributed by atoms with Crippen LogP contribution in [0.15, 0.2) is 18.2 Å². The van der Waals surface area contributed by atoms with Gasteiger partial charge in [-0.3, -0.25) is 0 Å². The van der Waals surface area contributed by atoms with Crippen molar-refractivity contribution >= 4 is 0 Å². The highest BCUT2D eigenvalue weighted by Crippen LogP contribution is 2.15. The first kappa shape index (κ1) is 11.9. The molecule has 1 N–H and O–H groups in total. The quantitative estimate of drug-likeness (QED) is 0.735. The molecule has 2 nitrogen and oxygen atoms in total. The lowest BCUT2D eigenvalue weighted by molar-refractivity contribution is 0.303. The van der Waals surface area contributed by atoms with Crippen LogP contribution in [0.25, 0.3) is 0 Å². The lowest BCUT2D eigenvalue weighted by Gasteiger charge is -2.06. The van der Waals surface area contributed by atoms with Crippen LogP contribution >= 0.6 is 0 Å². The second-order valence-electron chi connectivity index (χ2n) is 3.26. The Hall–Kier alpha value is -1.16. The maximum absolute atomic E-state index is 12.7. The molecule has 0 heterocycles. The monoisotopic (exact) mass is 215 g/mol. The third-order valence-electron chi connectivity index (χ3n) is 1.93. The van der Waals surface area contributed by atoms with E-state index in [-0.39, 0.29) is 5.75 Å². The van der Waals surface area contributed by atoms with Gasteiger partial charge in [-0.15, -0.1) is 0 Å². The van der Waals surface area contributed by atoms with E-state index in [1.165, 1.54) is 12.1 Å². The standard InChI is InChI=1S/C11H15F2NO/c1-14-4-2-3-5-15-11-7-9(12)6-10(13)8-11/h6-8,14H,2-5H2,1H3. The van der Waals surface area contributed by atoms with E-state index in [2.05, 4.69) is 5.32 Å². The molecule has 0 spiro atoms. The minimum absolute atomic E-state index is 0.247. The maximum atomic E-state index is 12.7. The molecule has 0 saturated heterocycles. The van der Waals surface area contributed by atoms with E-state index < -0.39 is 11.6 Å². The van der Waals surface area contributed by atoms with Gasteiger partial charge in [0.25, 0.3) is 0 Å². The molecule has 0 radical (unpaired) electrons. The Bertz CT molecular complexity index is 284. The number of halogens is 2. The Morgan fingerprint density at radius 3 is 2.40 bits per heavy atom. The lowest BCUT2D eigenvalue weighted by Crippen LogP contribution is -2.09. The summed E-state index contributed by atoms with van der Waals surface area (Å²) in [4.78, 5) is 0. The largest absolute Gasteiger partial charge is 0.493 e. The minimum atomic E-state index is -0.611. The van der Waals surface area contributed by atoms with Crippen LogP contribution in [0, 0.1) is 11.6 Å². The van der Waals surface area contributed by atoms with Crippen molar-refractivity contribution in [1.29, 1.82) is 0 Å². The SMILES string of the molecule is CNCCCCOc1cc(F)cc(F)c1. The molecule has 0 bridgehead atoms. The van der Waals surface area contributed by atoms with Gasteiger partial charge >= 0.3 is 0 Å². The fourth-order valence-electron chi connectivity index (χ4n) is 1.21. The number of hydrogen-bond acceptors (Lipinski definition) is 2. The van der Waals surface area contributed by atoms with Gasteiger partial charge in [0.1, 0.15) is 17.4 Å². The average Bonchev–Trinajstić information content (AvgIpc) is 2.16. The summed E-state index contributed by atoms with van der Waals surface area (Å²) in [5, 5.41) is 3.01. The fourth-order valence-corrected chi connectivity index (χ4v) is 1.21. The summed E-state index contributed by atoms with van der Waals surface area (Å²) in [7, 11) is 1.88. The third-order valence-corrected chi connectivity index (χ3v) is 1.93. The van der Waals surface area contributed by atoms with Crippen molar-refractivity contribution in [3.63, 3.8) is 0 Å². The molecule has 1 rings (SSSR count). The highest BCUT2D eigenvalue weighted by molar-refractivity contribution is 5.23. The number of unbranched alkanes of at least 4 members (excludes halogenated alkanes) is 1. The molecular formula is C11H15F2NO. The first-order valence-electron chi connectivity index (χ1n) is 4.96. The van der Waals surface area contributed by atoms with Gasteiger partial charge in [-0.2, -0.15) is 0 Å². The van der Waals surface area contributed by atoms with Crippen LogP contribution in [0.5, 0.6) is 5.75 Å². The van der Waals surface area contributed by atoms with Gasteiger partial charge in [-0.1, -0.05) is 0 Å². The number of hydrogen-bond donors (Lipinski definition) is 1. The van der Waals surface area contributed by atoms with Gasteiger partial charge in [0.15, 0.2) is 0 Å². The number of rotatable bonds is 6. The Morgan fingerprint density at radius 2 is 1.80 bits per heavy atom. The van der Waals surface area contributed by atoms with Crippen molar-refractivity contribution in [2.75, 3.05) is 20.2 Å². The van der Waals surface area contributed by atoms with Crippen molar-refractivity contribution in [3.05, 3.63) is 29.8 Å². The van der Waals surface area contributed by atoms with E-state index in [1.54, 1.807) is 0 Å². The van der Waals surface area contributed by atoms with Gasteiger partial charge in [0, 0.05) is 18.2 Å². The Morgan fingerprint density at radius 1 is 1.13 bits per heavy atom. The maximum Gasteiger partial charge on any atom is 0.129 e. The topological polar surface area (TPSA) is 21.3 Å². The molecule has 1 aromatic carbocycles. The minimum Gasteiger partial charge on any atom is -0.493 e. The van der Waals surface area contributed by atoms with Crippen LogP contribution < -0.4 is 10.1 Å². The summed E-state index contributed by atoms with van der Waals surface area (Å²) in [6.07, 6.45) is 1.84. The predicted molar refractivity (Wildman–Crippen MR) is 55.0 cm³/mol. The van der Waals surface area contributed by atoms with Crippen molar-refractivity contribution in [1.82, 2.24) is 5.32 Å². The van der Waals surface area contributed by atoms with Gasteiger partial charge < -0.3 is 10.1 Å². The first-order chi connectivity index (χ1) is 7.22. The average molecular weight is 215 g/mol. The van der Waals surface area contributed by atoms with Gasteiger partial charge in [-0.25, -0.2) is 8.78 Å². The van der Waals surface area contributed by atoms with E-state index in [0.717, 1.165) is 25.5 Å². The predicted octanol–water partition coefficient (Wildman–Crippen LogP) is 2.34. The van der Waals surface area contributed by atoms with Crippen LogP contribution in [-0.2, 0) is 0 Å². The molecule has 15 heavy (non-hydrogen) atoms. The fraction of sp³-hybridized carbons (Fsp3) is 0.455. The molecule has 84 valence electrons. The van der Waals surface area contributed by atoms with Crippen molar-refractivity contribution in [2.45, 2.75) is 12.8 Å². The first-order valence-corrected chi connectivity index (χ1v) is 4.96. The summed E-state index contributed by atoms with van der Waals surface area (Å²) >= 11 is 0. The van der Waals surface area contributed by atoms with E-state index in [0.29, 0.717) is 6.61 Å². The highest BCUT2D eigenvalue weighted by atomic mass is 19.1. The summed E-state index contributed by atoms with van der Waals surface area (Å²) in [5.74, 6) is -0.975. The summed E-state index contributed by atoms with van der Waals surface area (Å²) in [6, 6.07) is 3.19. The van der Waals surface area contributed by atoms with E-state index in [4.69, 9.17) is 4.74 Å². The van der Waals surface area contributed by atoms with E-state index in [9.17, 15) is 8.78 Å². The molecule has 0 saturated carbocycles. The van der Waals surface area contributed by atoms with Crippen LogP contribution in [0.3, 0.4) is 0 Å². The van der Waals surface area contributed by atoms with Gasteiger partial charge in [0.2, 0.25) is 0 Å². The summed E-state index contributed by atoms with van der Waals surface area (Å²) in [6.45, 7) is 1.39. The number of benzene rings is 1. The van der Waals surface area contributed by atoms with E-state index >= 15 is 0 Å². The van der Waals surface area contributed by atoms with Crippen molar-refractivity contribution in [2.24, 2.45) is 0 Å². The van der Waals surface area contributed by atoms with Crippen LogP contribution in [0.4, 0.5) is 8.78 Å². The Kier molecular flexibility index (Phi) is 5.04. The van der Waals surface area contributed by atoms with Gasteiger partial charge in [-0.05, 0) is 26.4 Å². The molecule has 1 aromatic rings. The molecule has 0 amide bonds. The molecule has 0 aliphatic heterocycles. The van der Waals surface area contributed by atoms with E-state index in [1.807, 2.05) is 7.05 Å². The van der Waals surface area contributed by atoms with Crippen molar-refractivity contribution < 1.29 is 13.5 Å². The second kappa shape index (κ2) is 6.35. The molecule has 0 aromatic heterocycles. The second-order valence-corrected chi connectivity index (χ2v) is 3.26. The number of ether oxygens (including phenoxy) is 1. The number of nitrogens with one attached hydrogen (secondary N) is 1. The molecule has 0 aliphatic rings. The molecule has 0 atom stereocenters. The zero-order valence-electron chi connectivity index (χ0n) is 8.72. The highest BCUT2D eigenvalue weighted by Gasteiger charge is 2.00. The van der Waals surface area contributed by atoms with Crippen LogP contribution in [0.1, 0.15) is 12.8 Å². The molecule has 0 unspecified atom stereocenters. The molecule has 0 aliphatic carbocycles. The van der Waals surface area contributed by atoms with Crippen LogP contribution in [0.2, 0.25) is 0 Å². The Labute approximate surface area is 88.3 Å². The molecule has 0 fully saturated rings. The summed E-state index contributed by atoms with van der Waals surface area (Å²) < 4.78 is 30.7. The van der Waals surface area contributed by atoms with Gasteiger partial charge in [0.05, 0.1) is 6.61 Å². The molecular weight excluding hydrogens is 200 g/mol. The van der Waals surface area contributed by atoms with Crippen molar-refractivity contribution in [3.8, 4) is 5.75 Å².